The number of carbonyl (C=O) groups excluding carboxylic acids is 1. The summed E-state index contributed by atoms with van der Waals surface area (Å²) < 4.78 is 13.1. The number of aromatic nitrogens is 2. The van der Waals surface area contributed by atoms with Crippen LogP contribution in [0.5, 0.6) is 11.5 Å². The molecule has 2 aromatic rings. The fourth-order valence-corrected chi connectivity index (χ4v) is 3.07. The third-order valence-electron chi connectivity index (χ3n) is 4.30. The van der Waals surface area contributed by atoms with E-state index in [0.29, 0.717) is 31.2 Å². The van der Waals surface area contributed by atoms with E-state index >= 15 is 0 Å². The highest BCUT2D eigenvalue weighted by Crippen LogP contribution is 2.27. The fraction of sp³-hybridized carbons (Fsp3) is 0.444. The highest BCUT2D eigenvalue weighted by molar-refractivity contribution is 5.78. The largest absolute Gasteiger partial charge is 0.490 e. The van der Waals surface area contributed by atoms with Crippen molar-refractivity contribution in [1.29, 1.82) is 0 Å². The molecule has 1 aliphatic heterocycles. The average molecular weight is 329 g/mol. The van der Waals surface area contributed by atoms with Gasteiger partial charge in [-0.25, -0.2) is 0 Å². The minimum Gasteiger partial charge on any atom is -0.490 e. The summed E-state index contributed by atoms with van der Waals surface area (Å²) in [7, 11) is 1.93. The number of aryl methyl sites for hydroxylation is 2. The predicted octanol–water partition coefficient (Wildman–Crippen LogP) is 2.09. The molecule has 3 rings (SSSR count). The van der Waals surface area contributed by atoms with Crippen LogP contribution in [0.2, 0.25) is 0 Å². The van der Waals surface area contributed by atoms with Gasteiger partial charge in [-0.15, -0.1) is 0 Å². The highest BCUT2D eigenvalue weighted by Gasteiger charge is 2.25. The molecule has 1 aromatic carbocycles. The first-order valence-electron chi connectivity index (χ1n) is 8.24. The lowest BCUT2D eigenvalue weighted by Crippen LogP contribution is -2.39. The summed E-state index contributed by atoms with van der Waals surface area (Å²) >= 11 is 0. The summed E-state index contributed by atoms with van der Waals surface area (Å²) in [5.41, 5.74) is 3.44. The maximum Gasteiger partial charge on any atom is 0.260 e. The fourth-order valence-electron chi connectivity index (χ4n) is 3.07. The second kappa shape index (κ2) is 6.95. The van der Waals surface area contributed by atoms with Gasteiger partial charge in [-0.2, -0.15) is 5.10 Å². The molecule has 0 aliphatic carbocycles. The Bertz CT molecular complexity index is 739. The molecule has 6 nitrogen and oxygen atoms in total. The molecule has 1 aliphatic rings. The third-order valence-corrected chi connectivity index (χ3v) is 4.30. The molecule has 24 heavy (non-hydrogen) atoms. The van der Waals surface area contributed by atoms with Gasteiger partial charge in [0.2, 0.25) is 0 Å². The molecule has 1 aromatic heterocycles. The number of para-hydroxylation sites is 2. The van der Waals surface area contributed by atoms with Crippen LogP contribution in [0, 0.1) is 6.92 Å². The highest BCUT2D eigenvalue weighted by atomic mass is 16.5. The van der Waals surface area contributed by atoms with Crippen molar-refractivity contribution < 1.29 is 14.3 Å². The van der Waals surface area contributed by atoms with Crippen molar-refractivity contribution in [2.45, 2.75) is 26.8 Å². The molecule has 0 fully saturated rings. The van der Waals surface area contributed by atoms with E-state index in [1.54, 1.807) is 0 Å². The zero-order valence-electron chi connectivity index (χ0n) is 14.4. The van der Waals surface area contributed by atoms with Gasteiger partial charge in [0.1, 0.15) is 0 Å². The van der Waals surface area contributed by atoms with E-state index in [2.05, 4.69) is 5.10 Å². The lowest BCUT2D eigenvalue weighted by Gasteiger charge is -2.27. The monoisotopic (exact) mass is 329 g/mol. The van der Waals surface area contributed by atoms with Crippen LogP contribution in [0.1, 0.15) is 23.9 Å². The Hall–Kier alpha value is -2.50. The van der Waals surface area contributed by atoms with Gasteiger partial charge in [-0.1, -0.05) is 12.1 Å². The quantitative estimate of drug-likeness (QED) is 0.843. The van der Waals surface area contributed by atoms with Gasteiger partial charge in [0.05, 0.1) is 24.5 Å². The van der Waals surface area contributed by atoms with Crippen LogP contribution in [0.3, 0.4) is 0 Å². The molecule has 2 heterocycles. The van der Waals surface area contributed by atoms with Crippen molar-refractivity contribution in [2.24, 2.45) is 7.05 Å². The van der Waals surface area contributed by atoms with E-state index in [1.807, 2.05) is 54.7 Å². The average Bonchev–Trinajstić information content (AvgIpc) is 2.88. The molecule has 0 N–H and O–H groups in total. The smallest absolute Gasteiger partial charge is 0.260 e. The Morgan fingerprint density at radius 1 is 1.25 bits per heavy atom. The van der Waals surface area contributed by atoms with Gasteiger partial charge in [-0.3, -0.25) is 9.48 Å². The van der Waals surface area contributed by atoms with Crippen LogP contribution in [-0.2, 0) is 24.8 Å². The first-order valence-corrected chi connectivity index (χ1v) is 8.24. The minimum absolute atomic E-state index is 0.0102. The predicted molar refractivity (Wildman–Crippen MR) is 90.2 cm³/mol. The number of benzene rings is 1. The van der Waals surface area contributed by atoms with E-state index in [4.69, 9.17) is 9.47 Å². The number of fused-ring (bicyclic) bond motifs is 1. The van der Waals surface area contributed by atoms with Gasteiger partial charge in [0.25, 0.3) is 5.91 Å². The zero-order chi connectivity index (χ0) is 17.1. The van der Waals surface area contributed by atoms with Gasteiger partial charge >= 0.3 is 0 Å². The molecule has 0 atom stereocenters. The van der Waals surface area contributed by atoms with Gasteiger partial charge in [0.15, 0.2) is 18.1 Å². The van der Waals surface area contributed by atoms with Crippen LogP contribution in [0.15, 0.2) is 24.3 Å². The number of rotatable bonds is 5. The molecule has 6 heteroatoms. The first-order chi connectivity index (χ1) is 11.6. The summed E-state index contributed by atoms with van der Waals surface area (Å²) in [6, 6.07) is 7.41. The standard InChI is InChI=1S/C18H23N3O3/c1-4-23-16-7-5-6-8-17(16)24-12-18(22)21-10-9-14-13(2)19-20(3)15(14)11-21/h5-8H,4,9-12H2,1-3H3. The van der Waals surface area contributed by atoms with E-state index in [9.17, 15) is 4.79 Å². The lowest BCUT2D eigenvalue weighted by atomic mass is 10.0. The van der Waals surface area contributed by atoms with E-state index in [1.165, 1.54) is 5.56 Å². The normalized spacial score (nSPS) is 13.5. The Morgan fingerprint density at radius 3 is 2.67 bits per heavy atom. The van der Waals surface area contributed by atoms with Crippen LogP contribution in [0.4, 0.5) is 0 Å². The number of carbonyl (C=O) groups is 1. The second-order valence-electron chi connectivity index (χ2n) is 5.87. The molecule has 0 saturated carbocycles. The summed E-state index contributed by atoms with van der Waals surface area (Å²) in [4.78, 5) is 14.3. The van der Waals surface area contributed by atoms with Crippen molar-refractivity contribution in [2.75, 3.05) is 19.8 Å². The number of hydrogen-bond donors (Lipinski definition) is 0. The van der Waals surface area contributed by atoms with Crippen LogP contribution in [0.25, 0.3) is 0 Å². The van der Waals surface area contributed by atoms with Crippen LogP contribution >= 0.6 is 0 Å². The molecule has 0 bridgehead atoms. The molecule has 0 radical (unpaired) electrons. The Labute approximate surface area is 142 Å². The molecule has 128 valence electrons. The summed E-state index contributed by atoms with van der Waals surface area (Å²) in [5.74, 6) is 1.24. The van der Waals surface area contributed by atoms with E-state index < -0.39 is 0 Å². The summed E-state index contributed by atoms with van der Waals surface area (Å²) in [6.07, 6.45) is 0.844. The van der Waals surface area contributed by atoms with Crippen molar-refractivity contribution in [1.82, 2.24) is 14.7 Å². The topological polar surface area (TPSA) is 56.6 Å². The van der Waals surface area contributed by atoms with Crippen molar-refractivity contribution in [3.63, 3.8) is 0 Å². The van der Waals surface area contributed by atoms with Gasteiger partial charge in [0, 0.05) is 13.6 Å². The molecule has 0 unspecified atom stereocenters. The molecular formula is C18H23N3O3. The summed E-state index contributed by atoms with van der Waals surface area (Å²) in [5, 5.41) is 4.44. The Balaban J connectivity index is 1.63. The molecule has 0 spiro atoms. The maximum atomic E-state index is 12.5. The minimum atomic E-state index is -0.0224. The second-order valence-corrected chi connectivity index (χ2v) is 5.87. The van der Waals surface area contributed by atoms with E-state index in [-0.39, 0.29) is 12.5 Å². The Morgan fingerprint density at radius 2 is 1.96 bits per heavy atom. The van der Waals surface area contributed by atoms with Gasteiger partial charge in [-0.05, 0) is 38.0 Å². The van der Waals surface area contributed by atoms with Crippen LogP contribution in [-0.4, -0.2) is 40.3 Å². The molecule has 1 amide bonds. The lowest BCUT2D eigenvalue weighted by molar-refractivity contribution is -0.134. The van der Waals surface area contributed by atoms with Crippen molar-refractivity contribution >= 4 is 5.91 Å². The number of amides is 1. The van der Waals surface area contributed by atoms with Crippen molar-refractivity contribution in [3.05, 3.63) is 41.2 Å². The SMILES string of the molecule is CCOc1ccccc1OCC(=O)N1CCc2c(C)nn(C)c2C1. The molecular weight excluding hydrogens is 306 g/mol. The first kappa shape index (κ1) is 16.4. The Kier molecular flexibility index (Phi) is 4.74. The number of nitrogens with zero attached hydrogens (tertiary/aromatic N) is 3. The zero-order valence-corrected chi connectivity index (χ0v) is 14.4. The van der Waals surface area contributed by atoms with Crippen LogP contribution < -0.4 is 9.47 Å². The maximum absolute atomic E-state index is 12.5. The third kappa shape index (κ3) is 3.22. The summed E-state index contributed by atoms with van der Waals surface area (Å²) in [6.45, 7) is 5.79. The van der Waals surface area contributed by atoms with Gasteiger partial charge < -0.3 is 14.4 Å². The van der Waals surface area contributed by atoms with Crippen molar-refractivity contribution in [3.8, 4) is 11.5 Å². The molecule has 0 saturated heterocycles. The number of ether oxygens (including phenoxy) is 2. The number of hydrogen-bond acceptors (Lipinski definition) is 4. The van der Waals surface area contributed by atoms with E-state index in [0.717, 1.165) is 17.8 Å².